The van der Waals surface area contributed by atoms with Crippen LogP contribution in [0.15, 0.2) is 42.5 Å². The first-order valence-electron chi connectivity index (χ1n) is 6.16. The van der Waals surface area contributed by atoms with E-state index in [4.69, 9.17) is 10.5 Å². The van der Waals surface area contributed by atoms with Crippen molar-refractivity contribution < 1.29 is 9.53 Å². The molecule has 0 heterocycles. The summed E-state index contributed by atoms with van der Waals surface area (Å²) in [5.41, 5.74) is 8.56. The number of methoxy groups -OCH3 is 1. The van der Waals surface area contributed by atoms with E-state index >= 15 is 0 Å². The van der Waals surface area contributed by atoms with Gasteiger partial charge in [0.1, 0.15) is 5.75 Å². The molecule has 0 unspecified atom stereocenters. The fraction of sp³-hybridized carbons (Fsp3) is 0.133. The minimum Gasteiger partial charge on any atom is -0.497 e. The zero-order valence-corrected chi connectivity index (χ0v) is 11.4. The summed E-state index contributed by atoms with van der Waals surface area (Å²) < 4.78 is 5.17. The van der Waals surface area contributed by atoms with Gasteiger partial charge in [0.2, 0.25) is 0 Å². The number of nitrogens with one attached hydrogen (secondary N) is 2. The fourth-order valence-corrected chi connectivity index (χ4v) is 1.81. The van der Waals surface area contributed by atoms with E-state index in [0.717, 1.165) is 11.4 Å². The molecule has 2 aromatic rings. The average molecular weight is 271 g/mol. The molecule has 0 atom stereocenters. The van der Waals surface area contributed by atoms with Crippen molar-refractivity contribution in [3.05, 3.63) is 48.0 Å². The van der Waals surface area contributed by atoms with Crippen LogP contribution in [0.1, 0.15) is 10.4 Å². The molecule has 5 nitrogen and oxygen atoms in total. The van der Waals surface area contributed by atoms with Crippen LogP contribution in [0.4, 0.5) is 17.1 Å². The molecule has 0 saturated carbocycles. The van der Waals surface area contributed by atoms with Gasteiger partial charge in [0.05, 0.1) is 18.5 Å². The summed E-state index contributed by atoms with van der Waals surface area (Å²) in [5.74, 6) is 0.592. The highest BCUT2D eigenvalue weighted by Gasteiger charge is 2.07. The number of nitrogens with two attached hydrogens (primary N) is 1. The molecule has 0 aliphatic heterocycles. The number of carbonyl (C=O) groups excluding carboxylic acids is 1. The molecule has 2 aromatic carbocycles. The number of hydrogen-bond acceptors (Lipinski definition) is 4. The Balaban J connectivity index is 2.30. The number of amides is 1. The minimum atomic E-state index is -0.154. The zero-order valence-electron chi connectivity index (χ0n) is 11.4. The van der Waals surface area contributed by atoms with Gasteiger partial charge in [-0.1, -0.05) is 6.07 Å². The number of anilines is 3. The summed E-state index contributed by atoms with van der Waals surface area (Å²) in [6.45, 7) is 0. The second-order valence-electron chi connectivity index (χ2n) is 4.24. The number of hydrogen-bond donors (Lipinski definition) is 3. The van der Waals surface area contributed by atoms with E-state index in [-0.39, 0.29) is 5.91 Å². The van der Waals surface area contributed by atoms with Gasteiger partial charge in [0, 0.05) is 24.4 Å². The molecule has 0 fully saturated rings. The lowest BCUT2D eigenvalue weighted by molar-refractivity contribution is 0.0963. The summed E-state index contributed by atoms with van der Waals surface area (Å²) >= 11 is 0. The van der Waals surface area contributed by atoms with Crippen molar-refractivity contribution in [3.8, 4) is 5.75 Å². The SMILES string of the molecule is CNC(=O)c1ccc(N)c(Nc2cccc(OC)c2)c1. The number of rotatable bonds is 4. The second-order valence-corrected chi connectivity index (χ2v) is 4.24. The van der Waals surface area contributed by atoms with Crippen LogP contribution in [0.5, 0.6) is 5.75 Å². The Morgan fingerprint density at radius 1 is 1.20 bits per heavy atom. The van der Waals surface area contributed by atoms with E-state index in [2.05, 4.69) is 10.6 Å². The third kappa shape index (κ3) is 3.00. The van der Waals surface area contributed by atoms with Crippen LogP contribution in [0, 0.1) is 0 Å². The molecule has 2 rings (SSSR count). The largest absolute Gasteiger partial charge is 0.497 e. The van der Waals surface area contributed by atoms with Gasteiger partial charge in [-0.05, 0) is 30.3 Å². The van der Waals surface area contributed by atoms with Crippen molar-refractivity contribution >= 4 is 23.0 Å². The Labute approximate surface area is 117 Å². The quantitative estimate of drug-likeness (QED) is 0.746. The third-order valence-electron chi connectivity index (χ3n) is 2.89. The molecule has 0 saturated heterocycles. The van der Waals surface area contributed by atoms with Crippen LogP contribution in [0.25, 0.3) is 0 Å². The fourth-order valence-electron chi connectivity index (χ4n) is 1.81. The maximum Gasteiger partial charge on any atom is 0.251 e. The monoisotopic (exact) mass is 271 g/mol. The molecule has 0 bridgehead atoms. The zero-order chi connectivity index (χ0) is 14.5. The molecule has 0 spiro atoms. The van der Waals surface area contributed by atoms with Crippen molar-refractivity contribution in [2.75, 3.05) is 25.2 Å². The van der Waals surface area contributed by atoms with Gasteiger partial charge in [0.15, 0.2) is 0 Å². The predicted molar refractivity (Wildman–Crippen MR) is 80.5 cm³/mol. The maximum absolute atomic E-state index is 11.6. The third-order valence-corrected chi connectivity index (χ3v) is 2.89. The number of carbonyl (C=O) groups is 1. The second kappa shape index (κ2) is 5.97. The van der Waals surface area contributed by atoms with Crippen LogP contribution in [-0.2, 0) is 0 Å². The first kappa shape index (κ1) is 13.7. The minimum absolute atomic E-state index is 0.154. The van der Waals surface area contributed by atoms with Crippen LogP contribution in [0.3, 0.4) is 0 Å². The van der Waals surface area contributed by atoms with Crippen molar-refractivity contribution in [2.45, 2.75) is 0 Å². The molecule has 104 valence electrons. The average Bonchev–Trinajstić information content (AvgIpc) is 2.49. The molecule has 0 aliphatic carbocycles. The van der Waals surface area contributed by atoms with Crippen LogP contribution < -0.4 is 21.1 Å². The van der Waals surface area contributed by atoms with Gasteiger partial charge in [0.25, 0.3) is 5.91 Å². The Hall–Kier alpha value is -2.69. The summed E-state index contributed by atoms with van der Waals surface area (Å²) in [6.07, 6.45) is 0. The Morgan fingerprint density at radius 3 is 2.70 bits per heavy atom. The van der Waals surface area contributed by atoms with Gasteiger partial charge in [-0.3, -0.25) is 4.79 Å². The van der Waals surface area contributed by atoms with Gasteiger partial charge < -0.3 is 21.1 Å². The van der Waals surface area contributed by atoms with Gasteiger partial charge in [-0.15, -0.1) is 0 Å². The number of nitrogen functional groups attached to an aromatic ring is 1. The van der Waals surface area contributed by atoms with E-state index < -0.39 is 0 Å². The Kier molecular flexibility index (Phi) is 4.10. The lowest BCUT2D eigenvalue weighted by Crippen LogP contribution is -2.17. The summed E-state index contributed by atoms with van der Waals surface area (Å²) in [4.78, 5) is 11.6. The van der Waals surface area contributed by atoms with Gasteiger partial charge in [-0.2, -0.15) is 0 Å². The molecule has 20 heavy (non-hydrogen) atoms. The van der Waals surface area contributed by atoms with Crippen molar-refractivity contribution in [1.29, 1.82) is 0 Å². The Morgan fingerprint density at radius 2 is 2.00 bits per heavy atom. The van der Waals surface area contributed by atoms with Gasteiger partial charge in [-0.25, -0.2) is 0 Å². The molecule has 0 aliphatic rings. The van der Waals surface area contributed by atoms with Crippen molar-refractivity contribution in [3.63, 3.8) is 0 Å². The normalized spacial score (nSPS) is 9.90. The van der Waals surface area contributed by atoms with Crippen LogP contribution in [0.2, 0.25) is 0 Å². The molecule has 4 N–H and O–H groups in total. The number of ether oxygens (including phenoxy) is 1. The molecular weight excluding hydrogens is 254 g/mol. The highest BCUT2D eigenvalue weighted by molar-refractivity contribution is 5.96. The highest BCUT2D eigenvalue weighted by Crippen LogP contribution is 2.26. The summed E-state index contributed by atoms with van der Waals surface area (Å²) in [5, 5.41) is 5.76. The smallest absolute Gasteiger partial charge is 0.251 e. The highest BCUT2D eigenvalue weighted by atomic mass is 16.5. The van der Waals surface area contributed by atoms with Crippen LogP contribution >= 0.6 is 0 Å². The molecular formula is C15H17N3O2. The van der Waals surface area contributed by atoms with Gasteiger partial charge >= 0.3 is 0 Å². The standard InChI is InChI=1S/C15H17N3O2/c1-17-15(19)10-6-7-13(16)14(8-10)18-11-4-3-5-12(9-11)20-2/h3-9,18H,16H2,1-2H3,(H,17,19). The molecule has 5 heteroatoms. The van der Waals surface area contributed by atoms with E-state index in [0.29, 0.717) is 16.9 Å². The topological polar surface area (TPSA) is 76.4 Å². The first-order chi connectivity index (χ1) is 9.63. The first-order valence-corrected chi connectivity index (χ1v) is 6.16. The van der Waals surface area contributed by atoms with E-state index in [1.807, 2.05) is 24.3 Å². The van der Waals surface area contributed by atoms with Crippen molar-refractivity contribution in [2.24, 2.45) is 0 Å². The van der Waals surface area contributed by atoms with Crippen LogP contribution in [-0.4, -0.2) is 20.1 Å². The lowest BCUT2D eigenvalue weighted by atomic mass is 10.1. The lowest BCUT2D eigenvalue weighted by Gasteiger charge is -2.12. The van der Waals surface area contributed by atoms with E-state index in [9.17, 15) is 4.79 Å². The molecule has 0 aromatic heterocycles. The predicted octanol–water partition coefficient (Wildman–Crippen LogP) is 2.38. The number of benzene rings is 2. The molecule has 0 radical (unpaired) electrons. The maximum atomic E-state index is 11.6. The van der Waals surface area contributed by atoms with E-state index in [1.54, 1.807) is 32.4 Å². The summed E-state index contributed by atoms with van der Waals surface area (Å²) in [6, 6.07) is 12.6. The van der Waals surface area contributed by atoms with E-state index in [1.165, 1.54) is 0 Å². The van der Waals surface area contributed by atoms with Crippen molar-refractivity contribution in [1.82, 2.24) is 5.32 Å². The Bertz CT molecular complexity index is 626. The molecule has 1 amide bonds. The summed E-state index contributed by atoms with van der Waals surface area (Å²) in [7, 11) is 3.20.